The molecule has 0 unspecified atom stereocenters. The van der Waals surface area contributed by atoms with E-state index in [1.807, 2.05) is 49.4 Å². The average Bonchev–Trinajstić information content (AvgIpc) is 3.37. The minimum atomic E-state index is -0.611. The molecule has 33 heavy (non-hydrogen) atoms. The van der Waals surface area contributed by atoms with Gasteiger partial charge >= 0.3 is 5.97 Å². The second-order valence-corrected chi connectivity index (χ2v) is 8.83. The number of rotatable bonds is 4. The number of nitrogens with zero attached hydrogens (tertiary/aromatic N) is 2. The number of aromatic nitrogens is 1. The van der Waals surface area contributed by atoms with Gasteiger partial charge in [-0.05, 0) is 50.1 Å². The minimum Gasteiger partial charge on any atom is -0.463 e. The topological polar surface area (TPSA) is 79.1 Å². The Hall–Kier alpha value is -3.65. The van der Waals surface area contributed by atoms with Crippen molar-refractivity contribution in [2.24, 2.45) is 4.99 Å². The van der Waals surface area contributed by atoms with E-state index in [4.69, 9.17) is 14.2 Å². The van der Waals surface area contributed by atoms with Crippen molar-refractivity contribution in [3.63, 3.8) is 0 Å². The summed E-state index contributed by atoms with van der Waals surface area (Å²) in [5.74, 6) is 0.867. The lowest BCUT2D eigenvalue weighted by Gasteiger charge is -2.24. The van der Waals surface area contributed by atoms with E-state index in [-0.39, 0.29) is 19.0 Å². The highest BCUT2D eigenvalue weighted by molar-refractivity contribution is 7.07. The van der Waals surface area contributed by atoms with Crippen molar-refractivity contribution in [1.82, 2.24) is 4.57 Å². The lowest BCUT2D eigenvalue weighted by atomic mass is 9.95. The first-order valence-electron chi connectivity index (χ1n) is 10.6. The first kappa shape index (κ1) is 21.2. The van der Waals surface area contributed by atoms with E-state index < -0.39 is 12.0 Å². The Balaban J connectivity index is 1.69. The SMILES string of the molecule is CCOC(=O)C1=C(C)N=c2s/c(=C\c3ccc4c(c3)OCO4)c(=O)n2[C@H]1c1ccc(C)cc1. The molecule has 2 aliphatic rings. The van der Waals surface area contributed by atoms with E-state index in [9.17, 15) is 9.59 Å². The molecule has 1 aromatic heterocycles. The number of carbonyl (C=O) groups excluding carboxylic acids is 1. The number of hydrogen-bond acceptors (Lipinski definition) is 7. The predicted octanol–water partition coefficient (Wildman–Crippen LogP) is 2.84. The maximum atomic E-state index is 13.6. The summed E-state index contributed by atoms with van der Waals surface area (Å²) in [4.78, 5) is 31.6. The molecular formula is C25H22N2O5S. The number of carbonyl (C=O) groups is 1. The molecule has 168 valence electrons. The monoisotopic (exact) mass is 462 g/mol. The van der Waals surface area contributed by atoms with E-state index in [0.717, 1.165) is 16.7 Å². The van der Waals surface area contributed by atoms with Crippen LogP contribution in [0.3, 0.4) is 0 Å². The standard InChI is InChI=1S/C25H22N2O5S/c1-4-30-24(29)21-15(3)26-25-27(22(21)17-8-5-14(2)6-9-17)23(28)20(33-25)12-16-7-10-18-19(11-16)32-13-31-18/h5-12,22H,4,13H2,1-3H3/b20-12-/t22-/m0/s1. The fourth-order valence-electron chi connectivity index (χ4n) is 4.01. The third-order valence-electron chi connectivity index (χ3n) is 5.60. The summed E-state index contributed by atoms with van der Waals surface area (Å²) < 4.78 is 18.3. The van der Waals surface area contributed by atoms with Gasteiger partial charge < -0.3 is 14.2 Å². The largest absolute Gasteiger partial charge is 0.463 e. The van der Waals surface area contributed by atoms with E-state index in [1.165, 1.54) is 11.3 Å². The number of fused-ring (bicyclic) bond motifs is 2. The Kier molecular flexibility index (Phi) is 5.38. The molecular weight excluding hydrogens is 440 g/mol. The molecule has 0 amide bonds. The van der Waals surface area contributed by atoms with Crippen LogP contribution in [0.4, 0.5) is 0 Å². The van der Waals surface area contributed by atoms with Gasteiger partial charge in [0.05, 0.1) is 28.5 Å². The fourth-order valence-corrected chi connectivity index (χ4v) is 5.06. The second-order valence-electron chi connectivity index (χ2n) is 7.83. The van der Waals surface area contributed by atoms with Crippen LogP contribution in [0.1, 0.15) is 36.6 Å². The molecule has 1 atom stereocenters. The molecule has 0 saturated carbocycles. The zero-order chi connectivity index (χ0) is 23.1. The molecule has 7 nitrogen and oxygen atoms in total. The van der Waals surface area contributed by atoms with Crippen molar-refractivity contribution in [3.8, 4) is 11.5 Å². The van der Waals surface area contributed by atoms with E-state index in [0.29, 0.717) is 32.1 Å². The third kappa shape index (κ3) is 3.76. The maximum absolute atomic E-state index is 13.6. The normalized spacial score (nSPS) is 17.1. The quantitative estimate of drug-likeness (QED) is 0.557. The van der Waals surface area contributed by atoms with Crippen LogP contribution in [-0.2, 0) is 9.53 Å². The number of hydrogen-bond donors (Lipinski definition) is 0. The van der Waals surface area contributed by atoms with Gasteiger partial charge in [-0.2, -0.15) is 0 Å². The van der Waals surface area contributed by atoms with Gasteiger partial charge in [-0.1, -0.05) is 47.2 Å². The summed E-state index contributed by atoms with van der Waals surface area (Å²) in [5, 5.41) is 0. The highest BCUT2D eigenvalue weighted by Gasteiger charge is 2.33. The van der Waals surface area contributed by atoms with E-state index in [2.05, 4.69) is 4.99 Å². The van der Waals surface area contributed by atoms with E-state index in [1.54, 1.807) is 24.5 Å². The van der Waals surface area contributed by atoms with Crippen LogP contribution < -0.4 is 24.4 Å². The molecule has 0 radical (unpaired) electrons. The van der Waals surface area contributed by atoms with Crippen molar-refractivity contribution in [3.05, 3.63) is 90.1 Å². The molecule has 0 spiro atoms. The van der Waals surface area contributed by atoms with Gasteiger partial charge in [0, 0.05) is 0 Å². The number of thiazole rings is 1. The number of allylic oxidation sites excluding steroid dienone is 1. The lowest BCUT2D eigenvalue weighted by molar-refractivity contribution is -0.139. The lowest BCUT2D eigenvalue weighted by Crippen LogP contribution is -2.39. The molecule has 3 heterocycles. The summed E-state index contributed by atoms with van der Waals surface area (Å²) in [6, 6.07) is 12.7. The fraction of sp³-hybridized carbons (Fsp3) is 0.240. The third-order valence-corrected chi connectivity index (χ3v) is 6.59. The van der Waals surface area contributed by atoms with Crippen molar-refractivity contribution in [1.29, 1.82) is 0 Å². The highest BCUT2D eigenvalue weighted by atomic mass is 32.1. The summed E-state index contributed by atoms with van der Waals surface area (Å²) in [6.45, 7) is 5.96. The van der Waals surface area contributed by atoms with Gasteiger partial charge in [0.25, 0.3) is 5.56 Å². The van der Waals surface area contributed by atoms with E-state index >= 15 is 0 Å². The summed E-state index contributed by atoms with van der Waals surface area (Å²) in [5.41, 5.74) is 3.45. The summed E-state index contributed by atoms with van der Waals surface area (Å²) >= 11 is 1.29. The van der Waals surface area contributed by atoms with Crippen molar-refractivity contribution in [2.45, 2.75) is 26.8 Å². The first-order valence-corrected chi connectivity index (χ1v) is 11.4. The molecule has 2 aliphatic heterocycles. The number of benzene rings is 2. The van der Waals surface area contributed by atoms with Crippen LogP contribution in [0, 0.1) is 6.92 Å². The zero-order valence-electron chi connectivity index (χ0n) is 18.5. The number of esters is 1. The molecule has 0 N–H and O–H groups in total. The number of aryl methyl sites for hydroxylation is 1. The van der Waals surface area contributed by atoms with Gasteiger partial charge in [-0.15, -0.1) is 0 Å². The smallest absolute Gasteiger partial charge is 0.338 e. The summed E-state index contributed by atoms with van der Waals surface area (Å²) in [6.07, 6.45) is 1.81. The Morgan fingerprint density at radius 3 is 2.70 bits per heavy atom. The average molecular weight is 463 g/mol. The molecule has 3 aromatic rings. The predicted molar refractivity (Wildman–Crippen MR) is 124 cm³/mol. The van der Waals surface area contributed by atoms with Crippen LogP contribution in [-0.4, -0.2) is 23.9 Å². The van der Waals surface area contributed by atoms with Crippen molar-refractivity contribution >= 4 is 23.4 Å². The molecule has 0 fully saturated rings. The zero-order valence-corrected chi connectivity index (χ0v) is 19.3. The van der Waals surface area contributed by atoms with Crippen LogP contribution >= 0.6 is 11.3 Å². The highest BCUT2D eigenvalue weighted by Crippen LogP contribution is 2.33. The Labute approximate surface area is 193 Å². The van der Waals surface area contributed by atoms with Crippen LogP contribution in [0.2, 0.25) is 0 Å². The van der Waals surface area contributed by atoms with Crippen molar-refractivity contribution < 1.29 is 19.0 Å². The van der Waals surface area contributed by atoms with Crippen LogP contribution in [0.5, 0.6) is 11.5 Å². The summed E-state index contributed by atoms with van der Waals surface area (Å²) in [7, 11) is 0. The number of ether oxygens (including phenoxy) is 3. The van der Waals surface area contributed by atoms with Crippen LogP contribution in [0.25, 0.3) is 6.08 Å². The van der Waals surface area contributed by atoms with Gasteiger partial charge in [0.1, 0.15) is 0 Å². The van der Waals surface area contributed by atoms with Crippen LogP contribution in [0.15, 0.2) is 63.5 Å². The first-order chi connectivity index (χ1) is 16.0. The van der Waals surface area contributed by atoms with Gasteiger partial charge in [0.2, 0.25) is 6.79 Å². The molecule has 2 aromatic carbocycles. The minimum absolute atomic E-state index is 0.188. The molecule has 0 bridgehead atoms. The Morgan fingerprint density at radius 1 is 1.18 bits per heavy atom. The molecule has 0 aliphatic carbocycles. The Morgan fingerprint density at radius 2 is 1.94 bits per heavy atom. The molecule has 8 heteroatoms. The maximum Gasteiger partial charge on any atom is 0.338 e. The van der Waals surface area contributed by atoms with Gasteiger partial charge in [-0.25, -0.2) is 9.79 Å². The second kappa shape index (κ2) is 8.37. The van der Waals surface area contributed by atoms with Gasteiger partial charge in [-0.3, -0.25) is 9.36 Å². The Bertz CT molecular complexity index is 1460. The van der Waals surface area contributed by atoms with Gasteiger partial charge in [0.15, 0.2) is 16.3 Å². The van der Waals surface area contributed by atoms with Crippen molar-refractivity contribution in [2.75, 3.05) is 13.4 Å². The molecule has 5 rings (SSSR count). The molecule has 0 saturated heterocycles.